The first-order chi connectivity index (χ1) is 10.0. The van der Waals surface area contributed by atoms with E-state index < -0.39 is 0 Å². The Balaban J connectivity index is 2.07. The number of methoxy groups -OCH3 is 1. The highest BCUT2D eigenvalue weighted by Crippen LogP contribution is 2.31. The number of nitrogens with zero attached hydrogens (tertiary/aromatic N) is 2. The van der Waals surface area contributed by atoms with Gasteiger partial charge in [-0.05, 0) is 58.1 Å². The van der Waals surface area contributed by atoms with Gasteiger partial charge in [-0.1, -0.05) is 12.1 Å². The predicted octanol–water partition coefficient (Wildman–Crippen LogP) is 1.94. The summed E-state index contributed by atoms with van der Waals surface area (Å²) in [4.78, 5) is 4.87. The summed E-state index contributed by atoms with van der Waals surface area (Å²) in [6, 6.07) is 8.90. The number of benzene rings is 1. The van der Waals surface area contributed by atoms with E-state index in [0.29, 0.717) is 6.04 Å². The molecule has 21 heavy (non-hydrogen) atoms. The summed E-state index contributed by atoms with van der Waals surface area (Å²) in [5.74, 6) is 0.905. The van der Waals surface area contributed by atoms with Crippen molar-refractivity contribution in [2.75, 3.05) is 34.3 Å². The molecule has 0 radical (unpaired) electrons. The molecule has 118 valence electrons. The van der Waals surface area contributed by atoms with Crippen LogP contribution in [-0.2, 0) is 6.54 Å². The van der Waals surface area contributed by atoms with Crippen molar-refractivity contribution < 1.29 is 4.74 Å². The standard InChI is InChI=1S/C17H29N3O/c1-14-11-17(13-18,9-10-19(14)2)20(3)12-15-5-7-16(21-4)8-6-15/h5-8,14H,9-13,18H2,1-4H3. The Morgan fingerprint density at radius 2 is 2.05 bits per heavy atom. The normalized spacial score (nSPS) is 27.0. The van der Waals surface area contributed by atoms with Crippen molar-refractivity contribution >= 4 is 0 Å². The van der Waals surface area contributed by atoms with Crippen LogP contribution in [0.15, 0.2) is 24.3 Å². The van der Waals surface area contributed by atoms with Gasteiger partial charge in [0.15, 0.2) is 0 Å². The van der Waals surface area contributed by atoms with Gasteiger partial charge in [-0.3, -0.25) is 4.90 Å². The van der Waals surface area contributed by atoms with Crippen LogP contribution in [-0.4, -0.2) is 55.7 Å². The van der Waals surface area contributed by atoms with Crippen LogP contribution in [0.4, 0.5) is 0 Å². The molecule has 2 unspecified atom stereocenters. The van der Waals surface area contributed by atoms with E-state index in [2.05, 4.69) is 43.0 Å². The summed E-state index contributed by atoms with van der Waals surface area (Å²) in [6.45, 7) is 5.06. The van der Waals surface area contributed by atoms with E-state index in [9.17, 15) is 0 Å². The molecule has 1 aliphatic rings. The van der Waals surface area contributed by atoms with Crippen molar-refractivity contribution in [1.82, 2.24) is 9.80 Å². The van der Waals surface area contributed by atoms with Crippen molar-refractivity contribution in [1.29, 1.82) is 0 Å². The van der Waals surface area contributed by atoms with Crippen molar-refractivity contribution in [2.24, 2.45) is 5.73 Å². The summed E-state index contributed by atoms with van der Waals surface area (Å²) < 4.78 is 5.22. The molecule has 2 N–H and O–H groups in total. The quantitative estimate of drug-likeness (QED) is 0.900. The van der Waals surface area contributed by atoms with E-state index in [1.165, 1.54) is 5.56 Å². The Kier molecular flexibility index (Phi) is 5.25. The maximum absolute atomic E-state index is 6.17. The zero-order valence-corrected chi connectivity index (χ0v) is 13.8. The van der Waals surface area contributed by atoms with Gasteiger partial charge in [0.1, 0.15) is 5.75 Å². The monoisotopic (exact) mass is 291 g/mol. The molecule has 1 aliphatic heterocycles. The third kappa shape index (κ3) is 3.57. The lowest BCUT2D eigenvalue weighted by Crippen LogP contribution is -2.59. The second-order valence-electron chi connectivity index (χ2n) is 6.42. The number of ether oxygens (including phenoxy) is 1. The number of nitrogens with two attached hydrogens (primary N) is 1. The molecule has 0 amide bonds. The number of likely N-dealkylation sites (tertiary alicyclic amines) is 1. The molecule has 0 bridgehead atoms. The van der Waals surface area contributed by atoms with Gasteiger partial charge in [0, 0.05) is 24.7 Å². The first-order valence-electron chi connectivity index (χ1n) is 7.75. The van der Waals surface area contributed by atoms with E-state index >= 15 is 0 Å². The van der Waals surface area contributed by atoms with Gasteiger partial charge in [0.05, 0.1) is 7.11 Å². The van der Waals surface area contributed by atoms with Crippen LogP contribution in [0.3, 0.4) is 0 Å². The van der Waals surface area contributed by atoms with Crippen molar-refractivity contribution in [3.63, 3.8) is 0 Å². The van der Waals surface area contributed by atoms with Crippen molar-refractivity contribution in [3.8, 4) is 5.75 Å². The summed E-state index contributed by atoms with van der Waals surface area (Å²) in [5.41, 5.74) is 7.59. The zero-order chi connectivity index (χ0) is 15.5. The molecule has 0 spiro atoms. The second-order valence-corrected chi connectivity index (χ2v) is 6.42. The molecule has 1 saturated heterocycles. The lowest BCUT2D eigenvalue weighted by atomic mass is 9.82. The fourth-order valence-electron chi connectivity index (χ4n) is 3.27. The summed E-state index contributed by atoms with van der Waals surface area (Å²) >= 11 is 0. The Bertz CT molecular complexity index is 448. The van der Waals surface area contributed by atoms with Crippen molar-refractivity contribution in [3.05, 3.63) is 29.8 Å². The fraction of sp³-hybridized carbons (Fsp3) is 0.647. The summed E-state index contributed by atoms with van der Waals surface area (Å²) in [5, 5.41) is 0. The van der Waals surface area contributed by atoms with Crippen LogP contribution in [0.25, 0.3) is 0 Å². The average molecular weight is 291 g/mol. The zero-order valence-electron chi connectivity index (χ0n) is 13.8. The molecule has 1 aromatic rings. The van der Waals surface area contributed by atoms with E-state index in [1.54, 1.807) is 7.11 Å². The molecule has 1 aromatic carbocycles. The minimum Gasteiger partial charge on any atom is -0.497 e. The number of hydrogen-bond donors (Lipinski definition) is 1. The lowest BCUT2D eigenvalue weighted by Gasteiger charge is -2.49. The van der Waals surface area contributed by atoms with E-state index in [0.717, 1.165) is 38.2 Å². The molecule has 4 nitrogen and oxygen atoms in total. The van der Waals surface area contributed by atoms with Gasteiger partial charge in [-0.2, -0.15) is 0 Å². The Morgan fingerprint density at radius 1 is 1.38 bits per heavy atom. The highest BCUT2D eigenvalue weighted by molar-refractivity contribution is 5.27. The van der Waals surface area contributed by atoms with Crippen LogP contribution >= 0.6 is 0 Å². The average Bonchev–Trinajstić information content (AvgIpc) is 2.51. The third-order valence-electron chi connectivity index (χ3n) is 5.13. The van der Waals surface area contributed by atoms with Gasteiger partial charge in [0.2, 0.25) is 0 Å². The van der Waals surface area contributed by atoms with E-state index in [1.807, 2.05) is 12.1 Å². The fourth-order valence-corrected chi connectivity index (χ4v) is 3.27. The van der Waals surface area contributed by atoms with Gasteiger partial charge in [-0.25, -0.2) is 0 Å². The Hall–Kier alpha value is -1.10. The van der Waals surface area contributed by atoms with E-state index in [4.69, 9.17) is 10.5 Å². The maximum atomic E-state index is 6.17. The molecule has 0 saturated carbocycles. The largest absolute Gasteiger partial charge is 0.497 e. The molecular formula is C17H29N3O. The van der Waals surface area contributed by atoms with E-state index in [-0.39, 0.29) is 5.54 Å². The summed E-state index contributed by atoms with van der Waals surface area (Å²) in [7, 11) is 6.11. The Labute approximate surface area is 128 Å². The van der Waals surface area contributed by atoms with Crippen LogP contribution in [0.5, 0.6) is 5.75 Å². The molecular weight excluding hydrogens is 262 g/mol. The maximum Gasteiger partial charge on any atom is 0.118 e. The smallest absolute Gasteiger partial charge is 0.118 e. The molecule has 1 heterocycles. The molecule has 0 aromatic heterocycles. The van der Waals surface area contributed by atoms with Gasteiger partial charge >= 0.3 is 0 Å². The highest BCUT2D eigenvalue weighted by Gasteiger charge is 2.39. The number of hydrogen-bond acceptors (Lipinski definition) is 4. The first kappa shape index (κ1) is 16.3. The van der Waals surface area contributed by atoms with Crippen LogP contribution in [0.2, 0.25) is 0 Å². The molecule has 4 heteroatoms. The van der Waals surface area contributed by atoms with Crippen LogP contribution < -0.4 is 10.5 Å². The van der Waals surface area contributed by atoms with Gasteiger partial charge in [-0.15, -0.1) is 0 Å². The first-order valence-corrected chi connectivity index (χ1v) is 7.75. The number of likely N-dealkylation sites (N-methyl/N-ethyl adjacent to an activating group) is 1. The molecule has 1 fully saturated rings. The highest BCUT2D eigenvalue weighted by atomic mass is 16.5. The Morgan fingerprint density at radius 3 is 2.57 bits per heavy atom. The van der Waals surface area contributed by atoms with Crippen molar-refractivity contribution in [2.45, 2.75) is 37.9 Å². The predicted molar refractivity (Wildman–Crippen MR) is 87.6 cm³/mol. The summed E-state index contributed by atoms with van der Waals surface area (Å²) in [6.07, 6.45) is 2.27. The number of rotatable bonds is 5. The molecule has 2 atom stereocenters. The third-order valence-corrected chi connectivity index (χ3v) is 5.13. The molecule has 0 aliphatic carbocycles. The minimum atomic E-state index is 0.117. The topological polar surface area (TPSA) is 41.7 Å². The minimum absolute atomic E-state index is 0.117. The second kappa shape index (κ2) is 6.77. The van der Waals surface area contributed by atoms with Crippen LogP contribution in [0.1, 0.15) is 25.3 Å². The van der Waals surface area contributed by atoms with Gasteiger partial charge < -0.3 is 15.4 Å². The SMILES string of the molecule is COc1ccc(CN(C)C2(CN)CCN(C)C(C)C2)cc1. The number of piperidine rings is 1. The van der Waals surface area contributed by atoms with Crippen LogP contribution in [0, 0.1) is 0 Å². The van der Waals surface area contributed by atoms with Gasteiger partial charge in [0.25, 0.3) is 0 Å². The molecule has 2 rings (SSSR count). The lowest BCUT2D eigenvalue weighted by molar-refractivity contribution is 0.0222.